The molecule has 0 unspecified atom stereocenters. The van der Waals surface area contributed by atoms with E-state index in [1.807, 2.05) is 12.2 Å². The number of likely N-dealkylation sites (N-methyl/N-ethyl adjacent to an activating group) is 1. The van der Waals surface area contributed by atoms with Crippen LogP contribution in [0, 0.1) is 0 Å². The highest BCUT2D eigenvalue weighted by molar-refractivity contribution is 5.13. The van der Waals surface area contributed by atoms with Crippen LogP contribution in [0.15, 0.2) is 55.1 Å². The molecule has 1 aromatic carbocycles. The number of nitrogens with zero attached hydrogens (tertiary/aromatic N) is 1. The Hall–Kier alpha value is -1.34. The second-order valence-electron chi connectivity index (χ2n) is 4.43. The van der Waals surface area contributed by atoms with Gasteiger partial charge >= 0.3 is 0 Å². The van der Waals surface area contributed by atoms with E-state index in [1.54, 1.807) is 0 Å². The van der Waals surface area contributed by atoms with Gasteiger partial charge in [0.25, 0.3) is 0 Å². The van der Waals surface area contributed by atoms with Crippen LogP contribution < -0.4 is 0 Å². The molecule has 15 heavy (non-hydrogen) atoms. The zero-order valence-electron chi connectivity index (χ0n) is 9.69. The molecule has 0 atom stereocenters. The molecule has 0 bridgehead atoms. The van der Waals surface area contributed by atoms with E-state index in [9.17, 15) is 0 Å². The molecule has 1 nitrogen and oxygen atoms in total. The number of benzene rings is 1. The van der Waals surface area contributed by atoms with Crippen LogP contribution in [-0.4, -0.2) is 25.1 Å². The van der Waals surface area contributed by atoms with Gasteiger partial charge in [0.05, 0.1) is 20.6 Å². The lowest BCUT2D eigenvalue weighted by Crippen LogP contribution is -2.38. The van der Waals surface area contributed by atoms with Crippen LogP contribution in [0.2, 0.25) is 0 Å². The minimum Gasteiger partial charge on any atom is -0.321 e. The summed E-state index contributed by atoms with van der Waals surface area (Å²) in [6.07, 6.45) is 5.99. The van der Waals surface area contributed by atoms with Crippen LogP contribution in [-0.2, 0) is 6.54 Å². The minimum atomic E-state index is 0.967. The van der Waals surface area contributed by atoms with Crippen molar-refractivity contribution in [3.05, 3.63) is 60.7 Å². The fraction of sp³-hybridized carbons (Fsp3) is 0.286. The summed E-state index contributed by atoms with van der Waals surface area (Å²) >= 11 is 0. The SMILES string of the molecule is C=CC=CC[N+](C)(C)Cc1ccccc1. The fourth-order valence-corrected chi connectivity index (χ4v) is 1.58. The summed E-state index contributed by atoms with van der Waals surface area (Å²) in [6, 6.07) is 10.6. The summed E-state index contributed by atoms with van der Waals surface area (Å²) < 4.78 is 0.967. The van der Waals surface area contributed by atoms with Crippen molar-refractivity contribution in [3.8, 4) is 0 Å². The van der Waals surface area contributed by atoms with Gasteiger partial charge in [-0.2, -0.15) is 0 Å². The average molecular weight is 202 g/mol. The monoisotopic (exact) mass is 202 g/mol. The first-order valence-corrected chi connectivity index (χ1v) is 5.27. The van der Waals surface area contributed by atoms with Crippen molar-refractivity contribution >= 4 is 0 Å². The summed E-state index contributed by atoms with van der Waals surface area (Å²) in [5.74, 6) is 0. The maximum atomic E-state index is 3.67. The molecule has 0 aliphatic heterocycles. The van der Waals surface area contributed by atoms with Crippen LogP contribution in [0.4, 0.5) is 0 Å². The van der Waals surface area contributed by atoms with Gasteiger partial charge in [-0.1, -0.05) is 49.1 Å². The molecule has 1 rings (SSSR count). The molecule has 0 saturated heterocycles. The molecular formula is C14H20N+. The Bertz CT molecular complexity index is 322. The highest BCUT2D eigenvalue weighted by Crippen LogP contribution is 2.08. The Labute approximate surface area is 92.9 Å². The van der Waals surface area contributed by atoms with Crippen LogP contribution in [0.25, 0.3) is 0 Å². The van der Waals surface area contributed by atoms with E-state index in [4.69, 9.17) is 0 Å². The molecule has 1 aromatic rings. The maximum Gasteiger partial charge on any atom is 0.104 e. The fourth-order valence-electron chi connectivity index (χ4n) is 1.58. The third kappa shape index (κ3) is 4.61. The Balaban J connectivity index is 2.56. The summed E-state index contributed by atoms with van der Waals surface area (Å²) in [6.45, 7) is 5.76. The van der Waals surface area contributed by atoms with E-state index in [1.165, 1.54) is 5.56 Å². The van der Waals surface area contributed by atoms with E-state index in [0.29, 0.717) is 0 Å². The Morgan fingerprint density at radius 2 is 1.87 bits per heavy atom. The summed E-state index contributed by atoms with van der Waals surface area (Å²) in [5.41, 5.74) is 1.38. The molecule has 1 heteroatoms. The Kier molecular flexibility index (Phi) is 4.32. The van der Waals surface area contributed by atoms with E-state index in [2.05, 4.69) is 57.1 Å². The Morgan fingerprint density at radius 1 is 1.20 bits per heavy atom. The molecule has 0 N–H and O–H groups in total. The topological polar surface area (TPSA) is 0 Å². The lowest BCUT2D eigenvalue weighted by molar-refractivity contribution is -0.897. The van der Waals surface area contributed by atoms with Crippen LogP contribution in [0.1, 0.15) is 5.56 Å². The molecule has 80 valence electrons. The van der Waals surface area contributed by atoms with Gasteiger partial charge < -0.3 is 4.48 Å². The van der Waals surface area contributed by atoms with Gasteiger partial charge in [0.2, 0.25) is 0 Å². The third-order valence-electron chi connectivity index (χ3n) is 2.33. The normalized spacial score (nSPS) is 11.9. The van der Waals surface area contributed by atoms with Gasteiger partial charge in [0, 0.05) is 5.56 Å². The van der Waals surface area contributed by atoms with Crippen molar-refractivity contribution in [3.63, 3.8) is 0 Å². The first-order chi connectivity index (χ1) is 7.14. The van der Waals surface area contributed by atoms with Gasteiger partial charge in [0.1, 0.15) is 6.54 Å². The van der Waals surface area contributed by atoms with Crippen LogP contribution >= 0.6 is 0 Å². The summed E-state index contributed by atoms with van der Waals surface area (Å²) in [7, 11) is 4.47. The molecule has 0 saturated carbocycles. The van der Waals surface area contributed by atoms with Crippen molar-refractivity contribution in [2.24, 2.45) is 0 Å². The smallest absolute Gasteiger partial charge is 0.104 e. The average Bonchev–Trinajstić information content (AvgIpc) is 2.18. The third-order valence-corrected chi connectivity index (χ3v) is 2.33. The van der Waals surface area contributed by atoms with Gasteiger partial charge in [0.15, 0.2) is 0 Å². The van der Waals surface area contributed by atoms with E-state index < -0.39 is 0 Å². The number of quaternary nitrogens is 1. The second kappa shape index (κ2) is 5.52. The van der Waals surface area contributed by atoms with Crippen molar-refractivity contribution in [1.29, 1.82) is 0 Å². The number of allylic oxidation sites excluding steroid dienone is 2. The number of hydrogen-bond donors (Lipinski definition) is 0. The number of rotatable bonds is 5. The molecular weight excluding hydrogens is 182 g/mol. The van der Waals surface area contributed by atoms with E-state index in [-0.39, 0.29) is 0 Å². The molecule has 0 aromatic heterocycles. The quantitative estimate of drug-likeness (QED) is 0.508. The molecule has 0 aliphatic rings. The van der Waals surface area contributed by atoms with Gasteiger partial charge in [-0.25, -0.2) is 0 Å². The highest BCUT2D eigenvalue weighted by Gasteiger charge is 2.12. The van der Waals surface area contributed by atoms with Gasteiger partial charge in [-0.3, -0.25) is 0 Å². The molecule has 0 fully saturated rings. The Morgan fingerprint density at radius 3 is 2.47 bits per heavy atom. The second-order valence-corrected chi connectivity index (χ2v) is 4.43. The van der Waals surface area contributed by atoms with Crippen LogP contribution in [0.3, 0.4) is 0 Å². The summed E-state index contributed by atoms with van der Waals surface area (Å²) in [5, 5.41) is 0. The first-order valence-electron chi connectivity index (χ1n) is 5.27. The molecule has 0 amide bonds. The maximum absolute atomic E-state index is 3.67. The first kappa shape index (κ1) is 11.7. The molecule has 0 heterocycles. The largest absolute Gasteiger partial charge is 0.321 e. The van der Waals surface area contributed by atoms with Crippen molar-refractivity contribution < 1.29 is 4.48 Å². The predicted octanol–water partition coefficient (Wildman–Crippen LogP) is 3.01. The molecule has 0 radical (unpaired) electrons. The zero-order chi connectivity index (χ0) is 11.1. The summed E-state index contributed by atoms with van der Waals surface area (Å²) in [4.78, 5) is 0. The standard InChI is InChI=1S/C14H20N/c1-4-5-9-12-15(2,3)13-14-10-7-6-8-11-14/h4-11H,1,12-13H2,2-3H3/q+1. The molecule has 0 spiro atoms. The zero-order valence-corrected chi connectivity index (χ0v) is 9.69. The lowest BCUT2D eigenvalue weighted by Gasteiger charge is -2.28. The number of hydrogen-bond acceptors (Lipinski definition) is 0. The predicted molar refractivity (Wildman–Crippen MR) is 66.5 cm³/mol. The van der Waals surface area contributed by atoms with Gasteiger partial charge in [-0.15, -0.1) is 0 Å². The molecule has 0 aliphatic carbocycles. The van der Waals surface area contributed by atoms with Crippen molar-refractivity contribution in [2.45, 2.75) is 6.54 Å². The highest BCUT2D eigenvalue weighted by atomic mass is 15.3. The minimum absolute atomic E-state index is 0.967. The van der Waals surface area contributed by atoms with Crippen LogP contribution in [0.5, 0.6) is 0 Å². The van der Waals surface area contributed by atoms with E-state index in [0.717, 1.165) is 17.6 Å². The lowest BCUT2D eigenvalue weighted by atomic mass is 10.2. The van der Waals surface area contributed by atoms with Crippen molar-refractivity contribution in [2.75, 3.05) is 20.6 Å². The van der Waals surface area contributed by atoms with Crippen molar-refractivity contribution in [1.82, 2.24) is 0 Å². The van der Waals surface area contributed by atoms with E-state index >= 15 is 0 Å². The van der Waals surface area contributed by atoms with Gasteiger partial charge in [-0.05, 0) is 6.08 Å².